The molecule has 2 aromatic rings. The van der Waals surface area contributed by atoms with Crippen LogP contribution in [0.5, 0.6) is 0 Å². The lowest BCUT2D eigenvalue weighted by Gasteiger charge is -2.03. The minimum absolute atomic E-state index is 0.165. The van der Waals surface area contributed by atoms with Crippen LogP contribution in [0.4, 0.5) is 4.39 Å². The number of nitrogens with one attached hydrogen (secondary N) is 1. The maximum absolute atomic E-state index is 13.5. The maximum Gasteiger partial charge on any atom is 0.131 e. The minimum atomic E-state index is -0.165. The molecule has 0 unspecified atom stereocenters. The first-order valence-corrected chi connectivity index (χ1v) is 5.31. The van der Waals surface area contributed by atoms with Crippen molar-refractivity contribution >= 4 is 16.8 Å². The predicted molar refractivity (Wildman–Crippen MR) is 66.9 cm³/mol. The van der Waals surface area contributed by atoms with E-state index in [1.807, 2.05) is 43.5 Å². The van der Waals surface area contributed by atoms with Gasteiger partial charge in [-0.15, -0.1) is 0 Å². The van der Waals surface area contributed by atoms with Gasteiger partial charge in [0.05, 0.1) is 0 Å². The van der Waals surface area contributed by atoms with Crippen molar-refractivity contribution in [1.29, 1.82) is 0 Å². The van der Waals surface area contributed by atoms with E-state index in [-0.39, 0.29) is 5.82 Å². The molecule has 0 saturated heterocycles. The summed E-state index contributed by atoms with van der Waals surface area (Å²) in [6.45, 7) is 0.811. The molecule has 0 radical (unpaired) electrons. The number of hydrogen-bond donors (Lipinski definition) is 1. The van der Waals surface area contributed by atoms with Crippen LogP contribution in [0.25, 0.3) is 16.8 Å². The van der Waals surface area contributed by atoms with Crippen molar-refractivity contribution in [3.05, 3.63) is 53.9 Å². The summed E-state index contributed by atoms with van der Waals surface area (Å²) < 4.78 is 13.5. The standard InChI is InChI=1S/C14H14FN/c1-16-10-4-5-11-8-9-14(15)13-7-3-2-6-12(11)13/h2-9,16H,10H2,1H3. The van der Waals surface area contributed by atoms with Gasteiger partial charge in [-0.25, -0.2) is 4.39 Å². The summed E-state index contributed by atoms with van der Waals surface area (Å²) in [4.78, 5) is 0. The van der Waals surface area contributed by atoms with Crippen LogP contribution < -0.4 is 5.32 Å². The molecule has 1 nitrogen and oxygen atoms in total. The Morgan fingerprint density at radius 3 is 2.62 bits per heavy atom. The van der Waals surface area contributed by atoms with Crippen molar-refractivity contribution in [1.82, 2.24) is 5.32 Å². The zero-order valence-electron chi connectivity index (χ0n) is 9.20. The molecule has 0 fully saturated rings. The van der Waals surface area contributed by atoms with Gasteiger partial charge in [0.25, 0.3) is 0 Å². The number of benzene rings is 2. The van der Waals surface area contributed by atoms with Gasteiger partial charge < -0.3 is 5.32 Å². The lowest BCUT2D eigenvalue weighted by Crippen LogP contribution is -2.03. The normalized spacial score (nSPS) is 11.4. The van der Waals surface area contributed by atoms with E-state index in [0.717, 1.165) is 17.5 Å². The number of hydrogen-bond acceptors (Lipinski definition) is 1. The van der Waals surface area contributed by atoms with Gasteiger partial charge in [0.1, 0.15) is 5.82 Å². The number of fused-ring (bicyclic) bond motifs is 1. The molecule has 2 aromatic carbocycles. The molecule has 2 heteroatoms. The molecule has 1 N–H and O–H groups in total. The monoisotopic (exact) mass is 215 g/mol. The molecular weight excluding hydrogens is 201 g/mol. The van der Waals surface area contributed by atoms with Crippen LogP contribution in [0, 0.1) is 5.82 Å². The minimum Gasteiger partial charge on any atom is -0.316 e. The number of halogens is 1. The highest BCUT2D eigenvalue weighted by Gasteiger charge is 2.02. The van der Waals surface area contributed by atoms with Crippen molar-refractivity contribution in [3.8, 4) is 0 Å². The third kappa shape index (κ3) is 2.12. The Morgan fingerprint density at radius 2 is 1.88 bits per heavy atom. The second-order valence-electron chi connectivity index (χ2n) is 3.64. The molecule has 0 spiro atoms. The number of rotatable bonds is 3. The topological polar surface area (TPSA) is 12.0 Å². The number of likely N-dealkylation sites (N-methyl/N-ethyl adjacent to an activating group) is 1. The molecule has 0 aliphatic heterocycles. The van der Waals surface area contributed by atoms with Crippen LogP contribution in [0.1, 0.15) is 5.56 Å². The SMILES string of the molecule is CNCC=Cc1ccc(F)c2ccccc12. The zero-order valence-corrected chi connectivity index (χ0v) is 9.20. The van der Waals surface area contributed by atoms with Crippen molar-refractivity contribution in [2.45, 2.75) is 0 Å². The van der Waals surface area contributed by atoms with Gasteiger partial charge in [-0.05, 0) is 24.1 Å². The summed E-state index contributed by atoms with van der Waals surface area (Å²) in [5, 5.41) is 4.67. The summed E-state index contributed by atoms with van der Waals surface area (Å²) in [5.74, 6) is -0.165. The van der Waals surface area contributed by atoms with Gasteiger partial charge in [0, 0.05) is 11.9 Å². The van der Waals surface area contributed by atoms with E-state index >= 15 is 0 Å². The van der Waals surface area contributed by atoms with Crippen LogP contribution in [0.3, 0.4) is 0 Å². The van der Waals surface area contributed by atoms with E-state index in [2.05, 4.69) is 5.32 Å². The van der Waals surface area contributed by atoms with Gasteiger partial charge in [-0.2, -0.15) is 0 Å². The average Bonchev–Trinajstić information content (AvgIpc) is 2.33. The Hall–Kier alpha value is -1.67. The molecule has 0 aliphatic rings. The molecular formula is C14H14FN. The fourth-order valence-electron chi connectivity index (χ4n) is 1.73. The summed E-state index contributed by atoms with van der Waals surface area (Å²) in [7, 11) is 1.90. The van der Waals surface area contributed by atoms with Crippen molar-refractivity contribution in [3.63, 3.8) is 0 Å². The molecule has 16 heavy (non-hydrogen) atoms. The largest absolute Gasteiger partial charge is 0.316 e. The molecule has 0 amide bonds. The summed E-state index contributed by atoms with van der Waals surface area (Å²) in [5.41, 5.74) is 1.05. The second-order valence-corrected chi connectivity index (χ2v) is 3.64. The highest BCUT2D eigenvalue weighted by Crippen LogP contribution is 2.22. The van der Waals surface area contributed by atoms with Gasteiger partial charge >= 0.3 is 0 Å². The van der Waals surface area contributed by atoms with Crippen LogP contribution in [0.2, 0.25) is 0 Å². The van der Waals surface area contributed by atoms with Crippen molar-refractivity contribution in [2.24, 2.45) is 0 Å². The lowest BCUT2D eigenvalue weighted by molar-refractivity contribution is 0.640. The highest BCUT2D eigenvalue weighted by atomic mass is 19.1. The first kappa shape index (κ1) is 10.8. The van der Waals surface area contributed by atoms with E-state index in [4.69, 9.17) is 0 Å². The summed E-state index contributed by atoms with van der Waals surface area (Å²) in [6.07, 6.45) is 4.04. The fourth-order valence-corrected chi connectivity index (χ4v) is 1.73. The van der Waals surface area contributed by atoms with Crippen molar-refractivity contribution < 1.29 is 4.39 Å². The predicted octanol–water partition coefficient (Wildman–Crippen LogP) is 3.21. The Bertz CT molecular complexity index is 517. The molecule has 0 atom stereocenters. The van der Waals surface area contributed by atoms with E-state index in [9.17, 15) is 4.39 Å². The molecule has 0 bridgehead atoms. The van der Waals surface area contributed by atoms with Crippen molar-refractivity contribution in [2.75, 3.05) is 13.6 Å². The summed E-state index contributed by atoms with van der Waals surface area (Å²) >= 11 is 0. The van der Waals surface area contributed by atoms with Crippen LogP contribution in [-0.2, 0) is 0 Å². The van der Waals surface area contributed by atoms with Gasteiger partial charge in [-0.1, -0.05) is 42.5 Å². The lowest BCUT2D eigenvalue weighted by atomic mass is 10.0. The molecule has 0 aromatic heterocycles. The van der Waals surface area contributed by atoms with E-state index in [1.165, 1.54) is 6.07 Å². The Labute approximate surface area is 94.6 Å². The van der Waals surface area contributed by atoms with E-state index in [1.54, 1.807) is 6.07 Å². The van der Waals surface area contributed by atoms with Crippen LogP contribution in [0.15, 0.2) is 42.5 Å². The van der Waals surface area contributed by atoms with Gasteiger partial charge in [-0.3, -0.25) is 0 Å². The highest BCUT2D eigenvalue weighted by molar-refractivity contribution is 5.90. The molecule has 2 rings (SSSR count). The smallest absolute Gasteiger partial charge is 0.131 e. The first-order chi connectivity index (χ1) is 7.83. The first-order valence-electron chi connectivity index (χ1n) is 5.31. The molecule has 0 aliphatic carbocycles. The third-order valence-corrected chi connectivity index (χ3v) is 2.52. The second kappa shape index (κ2) is 4.90. The third-order valence-electron chi connectivity index (χ3n) is 2.52. The van der Waals surface area contributed by atoms with Gasteiger partial charge in [0.2, 0.25) is 0 Å². The molecule has 82 valence electrons. The quantitative estimate of drug-likeness (QED) is 0.829. The summed E-state index contributed by atoms with van der Waals surface area (Å²) in [6, 6.07) is 10.9. The zero-order chi connectivity index (χ0) is 11.4. The Morgan fingerprint density at radius 1 is 1.12 bits per heavy atom. The van der Waals surface area contributed by atoms with Crippen LogP contribution in [-0.4, -0.2) is 13.6 Å². The molecule has 0 saturated carbocycles. The maximum atomic E-state index is 13.5. The molecule has 0 heterocycles. The van der Waals surface area contributed by atoms with Gasteiger partial charge in [0.15, 0.2) is 0 Å². The van der Waals surface area contributed by atoms with E-state index in [0.29, 0.717) is 5.39 Å². The van der Waals surface area contributed by atoms with Crippen LogP contribution >= 0.6 is 0 Å². The average molecular weight is 215 g/mol. The Kier molecular flexibility index (Phi) is 3.32. The fraction of sp³-hybridized carbons (Fsp3) is 0.143. The van der Waals surface area contributed by atoms with E-state index < -0.39 is 0 Å². The Balaban J connectivity index is 2.50.